The molecule has 0 radical (unpaired) electrons. The first-order chi connectivity index (χ1) is 6.67. The van der Waals surface area contributed by atoms with Crippen LogP contribution in [0.2, 0.25) is 0 Å². The van der Waals surface area contributed by atoms with E-state index in [-0.39, 0.29) is 0 Å². The van der Waals surface area contributed by atoms with Crippen molar-refractivity contribution in [2.45, 2.75) is 6.42 Å². The maximum absolute atomic E-state index is 5.77. The predicted molar refractivity (Wildman–Crippen MR) is 62.6 cm³/mol. The summed E-state index contributed by atoms with van der Waals surface area (Å²) in [5.74, 6) is 0. The van der Waals surface area contributed by atoms with Crippen LogP contribution in [0.25, 0.3) is 0 Å². The molecule has 1 aliphatic heterocycles. The van der Waals surface area contributed by atoms with E-state index in [1.165, 1.54) is 0 Å². The largest absolute Gasteiger partial charge is 0.376 e. The van der Waals surface area contributed by atoms with E-state index in [1.807, 2.05) is 14.1 Å². The van der Waals surface area contributed by atoms with Crippen molar-refractivity contribution in [1.82, 2.24) is 5.32 Å². The van der Waals surface area contributed by atoms with Crippen molar-refractivity contribution in [1.29, 1.82) is 0 Å². The molecule has 0 aliphatic carbocycles. The van der Waals surface area contributed by atoms with Crippen LogP contribution in [0.15, 0.2) is 35.4 Å². The minimum Gasteiger partial charge on any atom is -0.376 e. The van der Waals surface area contributed by atoms with Gasteiger partial charge in [0.05, 0.1) is 13.2 Å². The second kappa shape index (κ2) is 7.80. The van der Waals surface area contributed by atoms with Crippen molar-refractivity contribution in [3.63, 3.8) is 0 Å². The van der Waals surface area contributed by atoms with Crippen LogP contribution in [0, 0.1) is 0 Å². The summed E-state index contributed by atoms with van der Waals surface area (Å²) < 4.78 is 5.22. The number of hydrogen-bond donors (Lipinski definition) is 1. The Morgan fingerprint density at radius 1 is 1.57 bits per heavy atom. The van der Waals surface area contributed by atoms with Crippen molar-refractivity contribution in [3.8, 4) is 0 Å². The molecule has 1 N–H and O–H groups in total. The van der Waals surface area contributed by atoms with Gasteiger partial charge in [-0.2, -0.15) is 0 Å². The fraction of sp³-hybridized carbons (Fsp3) is 0.455. The lowest BCUT2D eigenvalue weighted by atomic mass is 10.0. The molecular weight excluding hydrogens is 198 g/mol. The molecule has 0 unspecified atom stereocenters. The highest BCUT2D eigenvalue weighted by molar-refractivity contribution is 6.31. The summed E-state index contributed by atoms with van der Waals surface area (Å²) >= 11 is 5.77. The van der Waals surface area contributed by atoms with Gasteiger partial charge in [-0.1, -0.05) is 30.8 Å². The zero-order chi connectivity index (χ0) is 11.0. The Balaban J connectivity index is 0.000000500. The van der Waals surface area contributed by atoms with Gasteiger partial charge in [-0.3, -0.25) is 0 Å². The molecule has 1 rings (SSSR count). The first kappa shape index (κ1) is 13.4. The van der Waals surface area contributed by atoms with E-state index < -0.39 is 0 Å². The smallest absolute Gasteiger partial charge is 0.0720 e. The Hall–Kier alpha value is -0.570. The molecular formula is C11H18ClNO. The third-order valence-corrected chi connectivity index (χ3v) is 1.94. The van der Waals surface area contributed by atoms with Crippen molar-refractivity contribution in [2.75, 3.05) is 27.3 Å². The molecule has 0 amide bonds. The Labute approximate surface area is 91.3 Å². The van der Waals surface area contributed by atoms with Crippen molar-refractivity contribution < 1.29 is 4.74 Å². The summed E-state index contributed by atoms with van der Waals surface area (Å²) in [7, 11) is 3.75. The van der Waals surface area contributed by atoms with E-state index in [9.17, 15) is 0 Å². The standard InChI is InChI=1S/C9H11ClO.C2H7N/c1-3-8-6-11-5-4-9(8)7(2)10;1-3-2/h3H,1-2,4-6H2;3H,1-2H3. The van der Waals surface area contributed by atoms with Gasteiger partial charge in [0.25, 0.3) is 0 Å². The summed E-state index contributed by atoms with van der Waals surface area (Å²) in [6, 6.07) is 0. The maximum Gasteiger partial charge on any atom is 0.0720 e. The lowest BCUT2D eigenvalue weighted by Gasteiger charge is -2.17. The van der Waals surface area contributed by atoms with Gasteiger partial charge in [0.15, 0.2) is 0 Å². The molecule has 0 saturated heterocycles. The Bertz CT molecular complexity index is 233. The third-order valence-electron chi connectivity index (χ3n) is 1.72. The zero-order valence-corrected chi connectivity index (χ0v) is 9.66. The van der Waals surface area contributed by atoms with E-state index in [1.54, 1.807) is 6.08 Å². The van der Waals surface area contributed by atoms with Crippen molar-refractivity contribution in [2.24, 2.45) is 0 Å². The number of ether oxygens (including phenoxy) is 1. The fourth-order valence-electron chi connectivity index (χ4n) is 1.10. The van der Waals surface area contributed by atoms with Gasteiger partial charge in [0.2, 0.25) is 0 Å². The van der Waals surface area contributed by atoms with E-state index in [0.29, 0.717) is 11.6 Å². The van der Waals surface area contributed by atoms with Crippen LogP contribution in [0.3, 0.4) is 0 Å². The monoisotopic (exact) mass is 215 g/mol. The van der Waals surface area contributed by atoms with Crippen molar-refractivity contribution in [3.05, 3.63) is 35.4 Å². The Morgan fingerprint density at radius 2 is 2.14 bits per heavy atom. The highest BCUT2D eigenvalue weighted by Gasteiger charge is 2.11. The number of hydrogen-bond acceptors (Lipinski definition) is 2. The molecule has 14 heavy (non-hydrogen) atoms. The normalized spacial score (nSPS) is 15.6. The topological polar surface area (TPSA) is 21.3 Å². The van der Waals surface area contributed by atoms with Crippen LogP contribution in [0.4, 0.5) is 0 Å². The predicted octanol–water partition coefficient (Wildman–Crippen LogP) is 2.48. The SMILES string of the molecule is C=CC1=C(C(=C)Cl)CCOC1.CNC. The van der Waals surface area contributed by atoms with Gasteiger partial charge in [-0.15, -0.1) is 0 Å². The van der Waals surface area contributed by atoms with E-state index in [0.717, 1.165) is 24.2 Å². The van der Waals surface area contributed by atoms with Gasteiger partial charge < -0.3 is 10.1 Å². The molecule has 80 valence electrons. The molecule has 0 bridgehead atoms. The number of nitrogens with one attached hydrogen (secondary N) is 1. The molecule has 0 aromatic carbocycles. The number of rotatable bonds is 2. The van der Waals surface area contributed by atoms with Gasteiger partial charge >= 0.3 is 0 Å². The number of allylic oxidation sites excluding steroid dienone is 1. The lowest BCUT2D eigenvalue weighted by Crippen LogP contribution is -2.09. The summed E-state index contributed by atoms with van der Waals surface area (Å²) in [6.45, 7) is 8.71. The molecule has 1 heterocycles. The highest BCUT2D eigenvalue weighted by atomic mass is 35.5. The van der Waals surface area contributed by atoms with Gasteiger partial charge in [0.1, 0.15) is 0 Å². The quantitative estimate of drug-likeness (QED) is 0.764. The first-order valence-electron chi connectivity index (χ1n) is 4.52. The van der Waals surface area contributed by atoms with Crippen LogP contribution in [0.1, 0.15) is 6.42 Å². The maximum atomic E-state index is 5.77. The van der Waals surface area contributed by atoms with Crippen LogP contribution >= 0.6 is 11.6 Å². The molecule has 0 fully saturated rings. The average molecular weight is 216 g/mol. The van der Waals surface area contributed by atoms with Gasteiger partial charge in [-0.25, -0.2) is 0 Å². The molecule has 2 nitrogen and oxygen atoms in total. The van der Waals surface area contributed by atoms with E-state index >= 15 is 0 Å². The summed E-state index contributed by atoms with van der Waals surface area (Å²) in [4.78, 5) is 0. The molecule has 3 heteroatoms. The summed E-state index contributed by atoms with van der Waals surface area (Å²) in [5, 5.41) is 3.36. The second-order valence-electron chi connectivity index (χ2n) is 2.92. The molecule has 0 aromatic rings. The Morgan fingerprint density at radius 3 is 2.50 bits per heavy atom. The van der Waals surface area contributed by atoms with Crippen molar-refractivity contribution >= 4 is 11.6 Å². The average Bonchev–Trinajstić information content (AvgIpc) is 2.19. The molecule has 0 spiro atoms. The molecule has 0 saturated carbocycles. The lowest BCUT2D eigenvalue weighted by molar-refractivity contribution is 0.150. The molecule has 1 aliphatic rings. The minimum atomic E-state index is 0.614. The van der Waals surface area contributed by atoms with E-state index in [2.05, 4.69) is 18.5 Å². The third kappa shape index (κ3) is 4.61. The minimum absolute atomic E-state index is 0.614. The fourth-order valence-corrected chi connectivity index (χ4v) is 1.31. The summed E-state index contributed by atoms with van der Waals surface area (Å²) in [6.07, 6.45) is 2.63. The number of halogens is 1. The Kier molecular flexibility index (Phi) is 7.48. The van der Waals surface area contributed by atoms with Gasteiger partial charge in [0, 0.05) is 5.03 Å². The summed E-state index contributed by atoms with van der Waals surface area (Å²) in [5.41, 5.74) is 2.16. The van der Waals surface area contributed by atoms with Gasteiger partial charge in [-0.05, 0) is 31.7 Å². The van der Waals surface area contributed by atoms with Crippen LogP contribution in [-0.2, 0) is 4.74 Å². The highest BCUT2D eigenvalue weighted by Crippen LogP contribution is 2.24. The second-order valence-corrected chi connectivity index (χ2v) is 3.37. The first-order valence-corrected chi connectivity index (χ1v) is 4.90. The van der Waals surface area contributed by atoms with Crippen LogP contribution < -0.4 is 5.32 Å². The zero-order valence-electron chi connectivity index (χ0n) is 8.90. The van der Waals surface area contributed by atoms with E-state index in [4.69, 9.17) is 16.3 Å². The van der Waals surface area contributed by atoms with Crippen LogP contribution in [-0.4, -0.2) is 27.3 Å². The molecule has 0 atom stereocenters. The molecule has 0 aromatic heterocycles. The van der Waals surface area contributed by atoms with Crippen LogP contribution in [0.5, 0.6) is 0 Å².